The van der Waals surface area contributed by atoms with E-state index in [0.29, 0.717) is 17.8 Å². The Kier molecular flexibility index (Phi) is 4.32. The van der Waals surface area contributed by atoms with Crippen molar-refractivity contribution in [3.8, 4) is 0 Å². The average molecular weight is 341 g/mol. The second-order valence-electron chi connectivity index (χ2n) is 5.13. The molecule has 6 heteroatoms. The normalized spacial score (nSPS) is 22.6. The monoisotopic (exact) mass is 340 g/mol. The van der Waals surface area contributed by atoms with E-state index in [2.05, 4.69) is 15.9 Å². The first-order chi connectivity index (χ1) is 9.41. The van der Waals surface area contributed by atoms with Crippen LogP contribution in [0.25, 0.3) is 0 Å². The number of halogens is 1. The van der Waals surface area contributed by atoms with E-state index in [1.54, 1.807) is 18.2 Å². The summed E-state index contributed by atoms with van der Waals surface area (Å²) in [6, 6.07) is 4.22. The number of amides is 1. The van der Waals surface area contributed by atoms with Gasteiger partial charge in [-0.3, -0.25) is 4.79 Å². The summed E-state index contributed by atoms with van der Waals surface area (Å²) in [6.07, 6.45) is 1.63. The SMILES string of the molecule is CC1CCCN(C(=O)c2ccc(Br)cc2N)C1C(=O)O. The summed E-state index contributed by atoms with van der Waals surface area (Å²) in [5.41, 5.74) is 6.57. The molecule has 1 saturated heterocycles. The van der Waals surface area contributed by atoms with E-state index in [-0.39, 0.29) is 11.8 Å². The number of carbonyl (C=O) groups is 2. The van der Waals surface area contributed by atoms with Crippen LogP contribution < -0.4 is 5.73 Å². The molecule has 0 radical (unpaired) electrons. The van der Waals surface area contributed by atoms with Gasteiger partial charge in [-0.1, -0.05) is 22.9 Å². The Morgan fingerprint density at radius 3 is 2.75 bits per heavy atom. The van der Waals surface area contributed by atoms with Crippen LogP contribution in [0.4, 0.5) is 5.69 Å². The van der Waals surface area contributed by atoms with E-state index in [1.165, 1.54) is 4.90 Å². The Balaban J connectivity index is 2.33. The van der Waals surface area contributed by atoms with Gasteiger partial charge >= 0.3 is 5.97 Å². The molecule has 1 aliphatic rings. The molecule has 0 bridgehead atoms. The summed E-state index contributed by atoms with van der Waals surface area (Å²) in [7, 11) is 0. The third kappa shape index (κ3) is 2.80. The van der Waals surface area contributed by atoms with Crippen molar-refractivity contribution in [2.75, 3.05) is 12.3 Å². The number of aliphatic carboxylic acids is 1. The lowest BCUT2D eigenvalue weighted by Crippen LogP contribution is -2.52. The smallest absolute Gasteiger partial charge is 0.326 e. The third-order valence-electron chi connectivity index (χ3n) is 3.69. The maximum atomic E-state index is 12.6. The molecule has 2 unspecified atom stereocenters. The Morgan fingerprint density at radius 1 is 1.45 bits per heavy atom. The van der Waals surface area contributed by atoms with Gasteiger partial charge in [0, 0.05) is 16.7 Å². The summed E-state index contributed by atoms with van der Waals surface area (Å²) in [6.45, 7) is 2.32. The first kappa shape index (κ1) is 14.8. The molecule has 108 valence electrons. The number of rotatable bonds is 2. The molecule has 1 heterocycles. The van der Waals surface area contributed by atoms with Gasteiger partial charge in [-0.15, -0.1) is 0 Å². The van der Waals surface area contributed by atoms with Crippen molar-refractivity contribution < 1.29 is 14.7 Å². The molecule has 1 amide bonds. The van der Waals surface area contributed by atoms with Crippen LogP contribution in [0.5, 0.6) is 0 Å². The summed E-state index contributed by atoms with van der Waals surface area (Å²) >= 11 is 3.29. The highest BCUT2D eigenvalue weighted by Gasteiger charge is 2.37. The van der Waals surface area contributed by atoms with Crippen LogP contribution in [0.1, 0.15) is 30.1 Å². The van der Waals surface area contributed by atoms with Crippen LogP contribution in [0.3, 0.4) is 0 Å². The number of carboxylic acids is 1. The summed E-state index contributed by atoms with van der Waals surface area (Å²) in [4.78, 5) is 25.4. The number of benzene rings is 1. The lowest BCUT2D eigenvalue weighted by atomic mass is 9.90. The molecule has 1 fully saturated rings. The zero-order valence-corrected chi connectivity index (χ0v) is 12.8. The van der Waals surface area contributed by atoms with Crippen LogP contribution in [0, 0.1) is 5.92 Å². The first-order valence-electron chi connectivity index (χ1n) is 6.50. The molecule has 20 heavy (non-hydrogen) atoms. The fourth-order valence-corrected chi connectivity index (χ4v) is 3.05. The number of likely N-dealkylation sites (tertiary alicyclic amines) is 1. The van der Waals surface area contributed by atoms with Gasteiger partial charge in [0.15, 0.2) is 0 Å². The topological polar surface area (TPSA) is 83.6 Å². The van der Waals surface area contributed by atoms with Gasteiger partial charge in [-0.2, -0.15) is 0 Å². The molecule has 0 saturated carbocycles. The molecule has 2 rings (SSSR count). The molecular formula is C14H17BrN2O3. The molecular weight excluding hydrogens is 324 g/mol. The molecule has 5 nitrogen and oxygen atoms in total. The molecule has 0 aromatic heterocycles. The number of carbonyl (C=O) groups excluding carboxylic acids is 1. The highest BCUT2D eigenvalue weighted by Crippen LogP contribution is 2.27. The molecule has 2 atom stereocenters. The van der Waals surface area contributed by atoms with Crippen molar-refractivity contribution in [1.29, 1.82) is 0 Å². The zero-order valence-electron chi connectivity index (χ0n) is 11.2. The van der Waals surface area contributed by atoms with Crippen LogP contribution in [-0.2, 0) is 4.79 Å². The minimum atomic E-state index is -0.957. The minimum absolute atomic E-state index is 0.0538. The van der Waals surface area contributed by atoms with Crippen molar-refractivity contribution in [1.82, 2.24) is 4.90 Å². The summed E-state index contributed by atoms with van der Waals surface area (Å²) in [5, 5.41) is 9.36. The predicted octanol–water partition coefficient (Wildman–Crippen LogP) is 2.36. The second kappa shape index (κ2) is 5.83. The number of anilines is 1. The number of nitrogens with zero attached hydrogens (tertiary/aromatic N) is 1. The summed E-state index contributed by atoms with van der Waals surface area (Å²) in [5.74, 6) is -1.32. The Hall–Kier alpha value is -1.56. The molecule has 1 aromatic rings. The number of hydrogen-bond acceptors (Lipinski definition) is 3. The van der Waals surface area contributed by atoms with Crippen molar-refractivity contribution in [2.45, 2.75) is 25.8 Å². The molecule has 1 aromatic carbocycles. The lowest BCUT2D eigenvalue weighted by Gasteiger charge is -2.37. The minimum Gasteiger partial charge on any atom is -0.480 e. The van der Waals surface area contributed by atoms with Crippen molar-refractivity contribution in [2.24, 2.45) is 5.92 Å². The maximum Gasteiger partial charge on any atom is 0.326 e. The van der Waals surface area contributed by atoms with Gasteiger partial charge in [-0.05, 0) is 37.0 Å². The fraction of sp³-hybridized carbons (Fsp3) is 0.429. The van der Waals surface area contributed by atoms with E-state index < -0.39 is 12.0 Å². The van der Waals surface area contributed by atoms with Crippen molar-refractivity contribution in [3.05, 3.63) is 28.2 Å². The maximum absolute atomic E-state index is 12.6. The second-order valence-corrected chi connectivity index (χ2v) is 6.05. The molecule has 0 aliphatic carbocycles. The lowest BCUT2D eigenvalue weighted by molar-refractivity contribution is -0.145. The largest absolute Gasteiger partial charge is 0.480 e. The third-order valence-corrected chi connectivity index (χ3v) is 4.18. The van der Waals surface area contributed by atoms with E-state index in [9.17, 15) is 14.7 Å². The van der Waals surface area contributed by atoms with E-state index >= 15 is 0 Å². The Morgan fingerprint density at radius 2 is 2.15 bits per heavy atom. The van der Waals surface area contributed by atoms with Gasteiger partial charge in [0.25, 0.3) is 5.91 Å². The van der Waals surface area contributed by atoms with Gasteiger partial charge in [-0.25, -0.2) is 4.79 Å². The standard InChI is InChI=1S/C14H17BrN2O3/c1-8-3-2-6-17(12(8)14(19)20)13(18)10-5-4-9(15)7-11(10)16/h4-5,7-8,12H,2-3,6,16H2,1H3,(H,19,20). The number of nitrogens with two attached hydrogens (primary N) is 1. The van der Waals surface area contributed by atoms with Crippen molar-refractivity contribution in [3.63, 3.8) is 0 Å². The van der Waals surface area contributed by atoms with Crippen LogP contribution in [0.15, 0.2) is 22.7 Å². The number of nitrogen functional groups attached to an aromatic ring is 1. The van der Waals surface area contributed by atoms with Gasteiger partial charge in [0.2, 0.25) is 0 Å². The van der Waals surface area contributed by atoms with E-state index in [4.69, 9.17) is 5.73 Å². The average Bonchev–Trinajstić information content (AvgIpc) is 2.37. The number of hydrogen-bond donors (Lipinski definition) is 2. The molecule has 1 aliphatic heterocycles. The highest BCUT2D eigenvalue weighted by molar-refractivity contribution is 9.10. The van der Waals surface area contributed by atoms with Crippen LogP contribution in [-0.4, -0.2) is 34.5 Å². The molecule has 3 N–H and O–H groups in total. The summed E-state index contributed by atoms with van der Waals surface area (Å²) < 4.78 is 0.786. The molecule has 0 spiro atoms. The first-order valence-corrected chi connectivity index (χ1v) is 7.30. The number of carboxylic acid groups (broad SMARTS) is 1. The fourth-order valence-electron chi connectivity index (χ4n) is 2.68. The van der Waals surface area contributed by atoms with E-state index in [1.807, 2.05) is 6.92 Å². The number of piperidine rings is 1. The Labute approximate surface area is 125 Å². The van der Waals surface area contributed by atoms with Crippen molar-refractivity contribution >= 4 is 33.5 Å². The van der Waals surface area contributed by atoms with Crippen LogP contribution >= 0.6 is 15.9 Å². The quantitative estimate of drug-likeness (QED) is 0.809. The highest BCUT2D eigenvalue weighted by atomic mass is 79.9. The zero-order chi connectivity index (χ0) is 14.9. The Bertz CT molecular complexity index is 547. The predicted molar refractivity (Wildman–Crippen MR) is 79.4 cm³/mol. The van der Waals surface area contributed by atoms with Gasteiger partial charge in [0.1, 0.15) is 6.04 Å². The van der Waals surface area contributed by atoms with Gasteiger partial charge in [0.05, 0.1) is 5.56 Å². The van der Waals surface area contributed by atoms with Crippen LogP contribution in [0.2, 0.25) is 0 Å². The van der Waals surface area contributed by atoms with Gasteiger partial charge < -0.3 is 15.7 Å². The van der Waals surface area contributed by atoms with E-state index in [0.717, 1.165) is 17.3 Å².